The van der Waals surface area contributed by atoms with E-state index in [0.717, 1.165) is 11.3 Å². The van der Waals surface area contributed by atoms with E-state index in [1.54, 1.807) is 36.0 Å². The second-order valence-corrected chi connectivity index (χ2v) is 6.33. The Balaban J connectivity index is 1.78. The molecule has 4 rings (SSSR count). The number of fused-ring (bicyclic) bond motifs is 1. The normalized spacial score (nSPS) is 15.6. The zero-order valence-electron chi connectivity index (χ0n) is 13.9. The minimum Gasteiger partial charge on any atom is -0.269 e. The lowest BCUT2D eigenvalue weighted by molar-refractivity contribution is -0.520. The van der Waals surface area contributed by atoms with E-state index < -0.39 is 6.17 Å². The van der Waals surface area contributed by atoms with E-state index in [4.69, 9.17) is 11.6 Å². The molecule has 0 aliphatic carbocycles. The fourth-order valence-corrected chi connectivity index (χ4v) is 2.93. The van der Waals surface area contributed by atoms with Crippen molar-refractivity contribution in [2.24, 2.45) is 0 Å². The Labute approximate surface area is 154 Å². The first kappa shape index (κ1) is 16.3. The monoisotopic (exact) mass is 367 g/mol. The van der Waals surface area contributed by atoms with Crippen molar-refractivity contribution >= 4 is 29.2 Å². The molecule has 8 heteroatoms. The molecule has 0 saturated carbocycles. The molecular weight excluding hydrogens is 352 g/mol. The van der Waals surface area contributed by atoms with Gasteiger partial charge in [0.15, 0.2) is 6.17 Å². The van der Waals surface area contributed by atoms with Crippen molar-refractivity contribution in [1.82, 2.24) is 14.5 Å². The number of pyridine rings is 1. The van der Waals surface area contributed by atoms with Gasteiger partial charge in [0.25, 0.3) is 11.5 Å². The Morgan fingerprint density at radius 2 is 2.08 bits per heavy atom. The summed E-state index contributed by atoms with van der Waals surface area (Å²) in [5, 5.41) is 7.04. The number of guanidine groups is 1. The van der Waals surface area contributed by atoms with Crippen LogP contribution in [0, 0.1) is 6.92 Å². The second-order valence-electron chi connectivity index (χ2n) is 5.89. The third-order valence-corrected chi connectivity index (χ3v) is 4.22. The van der Waals surface area contributed by atoms with Gasteiger partial charge >= 0.3 is 5.96 Å². The SMILES string of the molecule is Cc1cc(=O)n2c(n1)NC(Nc1ccc(Cl)cc1)=[NH+][C@H]2c1cccnc1. The first-order valence-electron chi connectivity index (χ1n) is 8.03. The smallest absolute Gasteiger partial charge is 0.269 e. The van der Waals surface area contributed by atoms with Gasteiger partial charge in [-0.25, -0.2) is 20.2 Å². The Morgan fingerprint density at radius 1 is 1.27 bits per heavy atom. The van der Waals surface area contributed by atoms with Gasteiger partial charge in [0, 0.05) is 34.7 Å². The van der Waals surface area contributed by atoms with E-state index in [1.807, 2.05) is 24.3 Å². The quantitative estimate of drug-likeness (QED) is 0.632. The van der Waals surface area contributed by atoms with Crippen molar-refractivity contribution in [3.8, 4) is 0 Å². The molecule has 1 aromatic carbocycles. The minimum absolute atomic E-state index is 0.146. The van der Waals surface area contributed by atoms with Crippen molar-refractivity contribution in [3.63, 3.8) is 0 Å². The predicted molar refractivity (Wildman–Crippen MR) is 100 cm³/mol. The third-order valence-electron chi connectivity index (χ3n) is 3.97. The topological polar surface area (TPSA) is 85.8 Å². The maximum atomic E-state index is 12.5. The highest BCUT2D eigenvalue weighted by Crippen LogP contribution is 2.17. The fraction of sp³-hybridized carbons (Fsp3) is 0.111. The molecule has 1 aliphatic heterocycles. The average molecular weight is 368 g/mol. The molecule has 26 heavy (non-hydrogen) atoms. The summed E-state index contributed by atoms with van der Waals surface area (Å²) in [6, 6.07) is 12.6. The van der Waals surface area contributed by atoms with E-state index in [-0.39, 0.29) is 5.56 Å². The molecule has 3 heterocycles. The number of anilines is 2. The van der Waals surface area contributed by atoms with Crippen LogP contribution in [0.2, 0.25) is 5.02 Å². The van der Waals surface area contributed by atoms with Crippen LogP contribution in [0.5, 0.6) is 0 Å². The standard InChI is InChI=1S/C18H15ClN6O/c1-11-9-15(26)25-16(12-3-2-8-20-10-12)23-17(24-18(25)21-11)22-14-6-4-13(19)5-7-14/h2-10,16H,1H3,(H2,21,22,23,24)/p+1/t16-/m1/s1. The molecule has 0 saturated heterocycles. The van der Waals surface area contributed by atoms with Crippen molar-refractivity contribution in [2.45, 2.75) is 13.1 Å². The van der Waals surface area contributed by atoms with Crippen molar-refractivity contribution in [3.05, 3.63) is 81.5 Å². The molecule has 7 nitrogen and oxygen atoms in total. The highest BCUT2D eigenvalue weighted by atomic mass is 35.5. The van der Waals surface area contributed by atoms with Gasteiger partial charge in [0.1, 0.15) is 0 Å². The minimum atomic E-state index is -0.435. The summed E-state index contributed by atoms with van der Waals surface area (Å²) in [4.78, 5) is 24.5. The largest absolute Gasteiger partial charge is 0.357 e. The van der Waals surface area contributed by atoms with E-state index in [1.165, 1.54) is 6.07 Å². The zero-order valence-corrected chi connectivity index (χ0v) is 14.7. The zero-order chi connectivity index (χ0) is 18.1. The molecular formula is C18H16ClN6O+. The molecule has 0 radical (unpaired) electrons. The molecule has 3 N–H and O–H groups in total. The summed E-state index contributed by atoms with van der Waals surface area (Å²) < 4.78 is 1.57. The Morgan fingerprint density at radius 3 is 2.81 bits per heavy atom. The summed E-state index contributed by atoms with van der Waals surface area (Å²) in [6.07, 6.45) is 2.98. The third kappa shape index (κ3) is 3.16. The van der Waals surface area contributed by atoms with Crippen molar-refractivity contribution < 1.29 is 4.99 Å². The number of rotatable bonds is 2. The number of halogens is 1. The molecule has 1 atom stereocenters. The van der Waals surface area contributed by atoms with E-state index in [2.05, 4.69) is 25.6 Å². The number of benzene rings is 1. The van der Waals surface area contributed by atoms with Gasteiger partial charge in [-0.15, -0.1) is 0 Å². The number of aromatic nitrogens is 3. The maximum Gasteiger partial charge on any atom is 0.357 e. The van der Waals surface area contributed by atoms with Crippen LogP contribution >= 0.6 is 11.6 Å². The van der Waals surface area contributed by atoms with Crippen LogP contribution in [0.4, 0.5) is 11.6 Å². The number of aryl methyl sites for hydroxylation is 1. The molecule has 0 amide bonds. The lowest BCUT2D eigenvalue weighted by Gasteiger charge is -2.22. The molecule has 0 spiro atoms. The Kier molecular flexibility index (Phi) is 4.14. The van der Waals surface area contributed by atoms with Gasteiger partial charge in [-0.2, -0.15) is 0 Å². The van der Waals surface area contributed by atoms with Crippen LogP contribution in [0.3, 0.4) is 0 Å². The van der Waals surface area contributed by atoms with Gasteiger partial charge in [-0.05, 0) is 37.3 Å². The van der Waals surface area contributed by atoms with Gasteiger partial charge in [-0.1, -0.05) is 17.7 Å². The number of hydrogen-bond donors (Lipinski definition) is 3. The summed E-state index contributed by atoms with van der Waals surface area (Å²) in [5.74, 6) is 1.07. The lowest BCUT2D eigenvalue weighted by atomic mass is 10.2. The van der Waals surface area contributed by atoms with Crippen molar-refractivity contribution in [1.29, 1.82) is 0 Å². The van der Waals surface area contributed by atoms with Gasteiger partial charge < -0.3 is 0 Å². The van der Waals surface area contributed by atoms with Crippen LogP contribution in [0.25, 0.3) is 0 Å². The Hall–Kier alpha value is -3.19. The average Bonchev–Trinajstić information content (AvgIpc) is 2.63. The summed E-state index contributed by atoms with van der Waals surface area (Å²) in [7, 11) is 0. The first-order valence-corrected chi connectivity index (χ1v) is 8.41. The number of hydrogen-bond acceptors (Lipinski definition) is 5. The van der Waals surface area contributed by atoms with Crippen molar-refractivity contribution in [2.75, 3.05) is 10.6 Å². The van der Waals surface area contributed by atoms with E-state index in [0.29, 0.717) is 22.6 Å². The predicted octanol–water partition coefficient (Wildman–Crippen LogP) is 1.12. The molecule has 2 aromatic heterocycles. The fourth-order valence-electron chi connectivity index (χ4n) is 2.81. The Bertz CT molecular complexity index is 1030. The maximum absolute atomic E-state index is 12.5. The molecule has 1 aliphatic rings. The van der Waals surface area contributed by atoms with Crippen LogP contribution in [0.15, 0.2) is 59.7 Å². The van der Waals surface area contributed by atoms with E-state index in [9.17, 15) is 4.79 Å². The molecule has 3 aromatic rings. The molecule has 0 unspecified atom stereocenters. The first-order chi connectivity index (χ1) is 12.6. The van der Waals surface area contributed by atoms with Crippen LogP contribution in [-0.2, 0) is 0 Å². The summed E-state index contributed by atoms with van der Waals surface area (Å²) in [5.41, 5.74) is 2.19. The van der Waals surface area contributed by atoms with Gasteiger partial charge in [0.05, 0.1) is 5.69 Å². The van der Waals surface area contributed by atoms with Gasteiger partial charge in [0.2, 0.25) is 0 Å². The lowest BCUT2D eigenvalue weighted by Crippen LogP contribution is -2.82. The molecule has 0 fully saturated rings. The highest BCUT2D eigenvalue weighted by molar-refractivity contribution is 6.30. The molecule has 0 bridgehead atoms. The summed E-state index contributed by atoms with van der Waals surface area (Å²) in [6.45, 7) is 1.79. The number of nitrogens with zero attached hydrogens (tertiary/aromatic N) is 3. The van der Waals surface area contributed by atoms with Gasteiger partial charge in [-0.3, -0.25) is 14.8 Å². The van der Waals surface area contributed by atoms with E-state index >= 15 is 0 Å². The summed E-state index contributed by atoms with van der Waals surface area (Å²) >= 11 is 5.94. The van der Waals surface area contributed by atoms with Crippen LogP contribution < -0.4 is 21.2 Å². The molecule has 130 valence electrons. The highest BCUT2D eigenvalue weighted by Gasteiger charge is 2.29. The van der Waals surface area contributed by atoms with Crippen LogP contribution in [0.1, 0.15) is 17.4 Å². The second kappa shape index (κ2) is 6.61. The van der Waals surface area contributed by atoms with Crippen LogP contribution in [-0.4, -0.2) is 20.5 Å². The number of nitrogens with one attached hydrogen (secondary N) is 3.